The van der Waals surface area contributed by atoms with Crippen molar-refractivity contribution in [3.63, 3.8) is 0 Å². The zero-order valence-corrected chi connectivity index (χ0v) is 15.4. The third-order valence-corrected chi connectivity index (χ3v) is 4.69. The molecule has 26 heavy (non-hydrogen) atoms. The standard InChI is InChI=1S/C22H21ClN2O/c1-16-6-2-3-7-18(16)15-25-22(26)21(14-20-8-4-5-13-24-20)17-9-11-19(23)12-10-17/h2-13,21H,14-15H2,1H3,(H,25,26). The second kappa shape index (κ2) is 8.63. The Hall–Kier alpha value is -2.65. The Kier molecular flexibility index (Phi) is 6.03. The van der Waals surface area contributed by atoms with E-state index >= 15 is 0 Å². The maximum atomic E-state index is 12.9. The number of carbonyl (C=O) groups is 1. The highest BCUT2D eigenvalue weighted by Gasteiger charge is 2.21. The van der Waals surface area contributed by atoms with E-state index in [0.717, 1.165) is 16.8 Å². The van der Waals surface area contributed by atoms with Gasteiger partial charge in [0.25, 0.3) is 0 Å². The van der Waals surface area contributed by atoms with Crippen LogP contribution < -0.4 is 5.32 Å². The first-order chi connectivity index (χ1) is 12.6. The molecule has 1 N–H and O–H groups in total. The average Bonchev–Trinajstić information content (AvgIpc) is 2.67. The predicted octanol–water partition coefficient (Wildman–Crippen LogP) is 4.69. The zero-order valence-electron chi connectivity index (χ0n) is 14.7. The summed E-state index contributed by atoms with van der Waals surface area (Å²) in [5.41, 5.74) is 4.11. The van der Waals surface area contributed by atoms with Crippen molar-refractivity contribution in [1.29, 1.82) is 0 Å². The molecule has 0 radical (unpaired) electrons. The Morgan fingerprint density at radius 2 is 1.77 bits per heavy atom. The molecule has 132 valence electrons. The molecule has 4 heteroatoms. The van der Waals surface area contributed by atoms with Gasteiger partial charge >= 0.3 is 0 Å². The van der Waals surface area contributed by atoms with E-state index in [4.69, 9.17) is 11.6 Å². The minimum absolute atomic E-state index is 0.0128. The molecule has 1 amide bonds. The van der Waals surface area contributed by atoms with Crippen molar-refractivity contribution in [3.05, 3.63) is 100 Å². The van der Waals surface area contributed by atoms with Crippen molar-refractivity contribution in [2.45, 2.75) is 25.8 Å². The van der Waals surface area contributed by atoms with E-state index in [1.54, 1.807) is 6.20 Å². The van der Waals surface area contributed by atoms with Crippen LogP contribution in [0.2, 0.25) is 5.02 Å². The maximum Gasteiger partial charge on any atom is 0.228 e. The first kappa shape index (κ1) is 18.2. The summed E-state index contributed by atoms with van der Waals surface area (Å²) >= 11 is 6.00. The molecule has 0 aliphatic carbocycles. The lowest BCUT2D eigenvalue weighted by molar-refractivity contribution is -0.122. The van der Waals surface area contributed by atoms with Crippen LogP contribution in [0.1, 0.15) is 28.3 Å². The largest absolute Gasteiger partial charge is 0.351 e. The van der Waals surface area contributed by atoms with Gasteiger partial charge in [-0.05, 0) is 47.9 Å². The number of aromatic nitrogens is 1. The van der Waals surface area contributed by atoms with Crippen molar-refractivity contribution in [2.24, 2.45) is 0 Å². The fraction of sp³-hybridized carbons (Fsp3) is 0.182. The van der Waals surface area contributed by atoms with Gasteiger partial charge in [-0.1, -0.05) is 54.1 Å². The molecule has 1 unspecified atom stereocenters. The van der Waals surface area contributed by atoms with Crippen molar-refractivity contribution in [3.8, 4) is 0 Å². The van der Waals surface area contributed by atoms with Crippen LogP contribution in [0.5, 0.6) is 0 Å². The van der Waals surface area contributed by atoms with E-state index in [0.29, 0.717) is 18.0 Å². The van der Waals surface area contributed by atoms with Gasteiger partial charge < -0.3 is 5.32 Å². The fourth-order valence-electron chi connectivity index (χ4n) is 2.90. The number of nitrogens with one attached hydrogen (secondary N) is 1. The molecular formula is C22H21ClN2O. The summed E-state index contributed by atoms with van der Waals surface area (Å²) in [5.74, 6) is -0.326. The first-order valence-corrected chi connectivity index (χ1v) is 8.99. The topological polar surface area (TPSA) is 42.0 Å². The molecule has 1 heterocycles. The van der Waals surface area contributed by atoms with E-state index in [9.17, 15) is 4.79 Å². The zero-order chi connectivity index (χ0) is 18.4. The second-order valence-electron chi connectivity index (χ2n) is 6.27. The summed E-state index contributed by atoms with van der Waals surface area (Å²) in [7, 11) is 0. The van der Waals surface area contributed by atoms with Gasteiger partial charge in [0.15, 0.2) is 0 Å². The lowest BCUT2D eigenvalue weighted by Gasteiger charge is -2.18. The molecule has 3 aromatic rings. The number of rotatable bonds is 6. The van der Waals surface area contributed by atoms with Crippen LogP contribution in [0, 0.1) is 6.92 Å². The van der Waals surface area contributed by atoms with Gasteiger partial charge in [0.05, 0.1) is 5.92 Å². The molecule has 0 saturated heterocycles. The Bertz CT molecular complexity index is 863. The molecule has 0 spiro atoms. The summed E-state index contributed by atoms with van der Waals surface area (Å²) in [6.07, 6.45) is 2.29. The number of carbonyl (C=O) groups excluding carboxylic acids is 1. The summed E-state index contributed by atoms with van der Waals surface area (Å²) in [6.45, 7) is 2.56. The summed E-state index contributed by atoms with van der Waals surface area (Å²) in [4.78, 5) is 17.3. The monoisotopic (exact) mass is 364 g/mol. The molecule has 0 bridgehead atoms. The van der Waals surface area contributed by atoms with Gasteiger partial charge in [-0.3, -0.25) is 9.78 Å². The highest BCUT2D eigenvalue weighted by molar-refractivity contribution is 6.30. The quantitative estimate of drug-likeness (QED) is 0.689. The molecule has 3 nitrogen and oxygen atoms in total. The Labute approximate surface area is 159 Å². The van der Waals surface area contributed by atoms with Crippen LogP contribution >= 0.6 is 11.6 Å². The first-order valence-electron chi connectivity index (χ1n) is 8.61. The number of halogens is 1. The smallest absolute Gasteiger partial charge is 0.228 e. The molecular weight excluding hydrogens is 344 g/mol. The van der Waals surface area contributed by atoms with E-state index in [-0.39, 0.29) is 11.8 Å². The van der Waals surface area contributed by atoms with Gasteiger partial charge in [0.1, 0.15) is 0 Å². The highest BCUT2D eigenvalue weighted by atomic mass is 35.5. The Morgan fingerprint density at radius 3 is 2.46 bits per heavy atom. The van der Waals surface area contributed by atoms with Crippen LogP contribution in [0.15, 0.2) is 72.9 Å². The van der Waals surface area contributed by atoms with Gasteiger partial charge in [-0.2, -0.15) is 0 Å². The van der Waals surface area contributed by atoms with E-state index in [1.165, 1.54) is 5.56 Å². The molecule has 1 aromatic heterocycles. The molecule has 2 aromatic carbocycles. The number of aryl methyl sites for hydroxylation is 1. The van der Waals surface area contributed by atoms with Gasteiger partial charge in [-0.25, -0.2) is 0 Å². The Morgan fingerprint density at radius 1 is 1.04 bits per heavy atom. The van der Waals surface area contributed by atoms with Gasteiger partial charge in [0.2, 0.25) is 5.91 Å². The van der Waals surface area contributed by atoms with Crippen molar-refractivity contribution in [2.75, 3.05) is 0 Å². The van der Waals surface area contributed by atoms with Crippen molar-refractivity contribution in [1.82, 2.24) is 10.3 Å². The number of amides is 1. The minimum atomic E-state index is -0.314. The number of nitrogens with zero attached hydrogens (tertiary/aromatic N) is 1. The Balaban J connectivity index is 1.78. The summed E-state index contributed by atoms with van der Waals surface area (Å²) in [5, 5.41) is 3.73. The van der Waals surface area contributed by atoms with E-state index in [1.807, 2.05) is 73.7 Å². The number of pyridine rings is 1. The number of hydrogen-bond acceptors (Lipinski definition) is 2. The molecule has 3 rings (SSSR count). The SMILES string of the molecule is Cc1ccccc1CNC(=O)C(Cc1ccccn1)c1ccc(Cl)cc1. The number of hydrogen-bond donors (Lipinski definition) is 1. The molecule has 0 aliphatic heterocycles. The predicted molar refractivity (Wildman–Crippen MR) is 105 cm³/mol. The third kappa shape index (κ3) is 4.70. The number of benzene rings is 2. The lowest BCUT2D eigenvalue weighted by atomic mass is 9.93. The molecule has 0 fully saturated rings. The molecule has 0 saturated carbocycles. The maximum absolute atomic E-state index is 12.9. The highest BCUT2D eigenvalue weighted by Crippen LogP contribution is 2.23. The lowest BCUT2D eigenvalue weighted by Crippen LogP contribution is -2.30. The summed E-state index contributed by atoms with van der Waals surface area (Å²) in [6, 6.07) is 21.3. The van der Waals surface area contributed by atoms with E-state index < -0.39 is 0 Å². The molecule has 1 atom stereocenters. The van der Waals surface area contributed by atoms with Crippen LogP contribution in [0.3, 0.4) is 0 Å². The van der Waals surface area contributed by atoms with Crippen LogP contribution in [-0.2, 0) is 17.8 Å². The van der Waals surface area contributed by atoms with Gasteiger partial charge in [0, 0.05) is 29.9 Å². The second-order valence-corrected chi connectivity index (χ2v) is 6.71. The fourth-order valence-corrected chi connectivity index (χ4v) is 3.02. The minimum Gasteiger partial charge on any atom is -0.351 e. The van der Waals surface area contributed by atoms with Crippen LogP contribution in [0.25, 0.3) is 0 Å². The van der Waals surface area contributed by atoms with E-state index in [2.05, 4.69) is 10.3 Å². The van der Waals surface area contributed by atoms with Crippen molar-refractivity contribution >= 4 is 17.5 Å². The summed E-state index contributed by atoms with van der Waals surface area (Å²) < 4.78 is 0. The molecule has 0 aliphatic rings. The normalized spacial score (nSPS) is 11.8. The average molecular weight is 365 g/mol. The van der Waals surface area contributed by atoms with Gasteiger partial charge in [-0.15, -0.1) is 0 Å². The van der Waals surface area contributed by atoms with Crippen LogP contribution in [0.4, 0.5) is 0 Å². The van der Waals surface area contributed by atoms with Crippen molar-refractivity contribution < 1.29 is 4.79 Å². The third-order valence-electron chi connectivity index (χ3n) is 4.44. The van der Waals surface area contributed by atoms with Crippen LogP contribution in [-0.4, -0.2) is 10.9 Å².